The maximum Gasteiger partial charge on any atom is 0.573 e. The summed E-state index contributed by atoms with van der Waals surface area (Å²) in [6.07, 6.45) is -4.73. The summed E-state index contributed by atoms with van der Waals surface area (Å²) in [6.45, 7) is 6.30. The third kappa shape index (κ3) is 3.47. The van der Waals surface area contributed by atoms with Gasteiger partial charge in [0.05, 0.1) is 11.4 Å². The highest BCUT2D eigenvalue weighted by Crippen LogP contribution is 2.35. The molecule has 1 aromatic rings. The summed E-state index contributed by atoms with van der Waals surface area (Å²) < 4.78 is 40.8. The molecule has 0 unspecified atom stereocenters. The van der Waals surface area contributed by atoms with Crippen molar-refractivity contribution in [3.8, 4) is 5.75 Å². The van der Waals surface area contributed by atoms with Crippen LogP contribution in [0.1, 0.15) is 6.92 Å². The first-order valence-corrected chi connectivity index (χ1v) is 6.52. The summed E-state index contributed by atoms with van der Waals surface area (Å²) in [6, 6.07) is 4.48. The highest BCUT2D eigenvalue weighted by atomic mass is 19.4. The van der Waals surface area contributed by atoms with Crippen molar-refractivity contribution < 1.29 is 17.9 Å². The predicted molar refractivity (Wildman–Crippen MR) is 71.9 cm³/mol. The molecule has 112 valence electrons. The Labute approximate surface area is 115 Å². The molecular formula is C13H18F3N3O. The van der Waals surface area contributed by atoms with E-state index in [1.807, 2.05) is 4.90 Å². The zero-order valence-corrected chi connectivity index (χ0v) is 11.3. The first-order chi connectivity index (χ1) is 9.40. The molecule has 0 aromatic heterocycles. The van der Waals surface area contributed by atoms with Crippen LogP contribution in [-0.2, 0) is 0 Å². The van der Waals surface area contributed by atoms with Crippen molar-refractivity contribution in [2.75, 3.05) is 43.4 Å². The highest BCUT2D eigenvalue weighted by molar-refractivity contribution is 5.74. The van der Waals surface area contributed by atoms with Gasteiger partial charge in [0.25, 0.3) is 0 Å². The van der Waals surface area contributed by atoms with Gasteiger partial charge in [-0.2, -0.15) is 0 Å². The summed E-state index contributed by atoms with van der Waals surface area (Å²) in [5.74, 6) is -0.340. The van der Waals surface area contributed by atoms with Crippen LogP contribution in [0.15, 0.2) is 18.2 Å². The number of likely N-dealkylation sites (N-methyl/N-ethyl adjacent to an activating group) is 1. The second-order valence-corrected chi connectivity index (χ2v) is 4.66. The number of nitrogens with zero attached hydrogens (tertiary/aromatic N) is 2. The number of piperazine rings is 1. The van der Waals surface area contributed by atoms with E-state index in [9.17, 15) is 13.2 Å². The van der Waals surface area contributed by atoms with E-state index in [-0.39, 0.29) is 11.4 Å². The first-order valence-electron chi connectivity index (χ1n) is 6.52. The molecule has 0 bridgehead atoms. The van der Waals surface area contributed by atoms with Gasteiger partial charge in [0.2, 0.25) is 0 Å². The number of nitrogen functional groups attached to an aromatic ring is 1. The molecule has 1 aliphatic rings. The van der Waals surface area contributed by atoms with E-state index in [1.165, 1.54) is 12.1 Å². The molecule has 4 nitrogen and oxygen atoms in total. The van der Waals surface area contributed by atoms with Crippen molar-refractivity contribution in [3.05, 3.63) is 18.2 Å². The Morgan fingerprint density at radius 1 is 1.20 bits per heavy atom. The topological polar surface area (TPSA) is 41.7 Å². The van der Waals surface area contributed by atoms with Crippen LogP contribution in [0.5, 0.6) is 5.75 Å². The standard InChI is InChI=1S/C13H18F3N3O/c1-2-18-6-8-19(9-7-18)10-4-3-5-11(12(10)17)20-13(14,15)16/h3-5H,2,6-9,17H2,1H3. The number of anilines is 2. The lowest BCUT2D eigenvalue weighted by atomic mass is 10.2. The number of hydrogen-bond donors (Lipinski definition) is 1. The number of para-hydroxylation sites is 1. The van der Waals surface area contributed by atoms with E-state index in [0.29, 0.717) is 5.69 Å². The van der Waals surface area contributed by atoms with Gasteiger partial charge in [-0.25, -0.2) is 0 Å². The van der Waals surface area contributed by atoms with Crippen LogP contribution in [0.3, 0.4) is 0 Å². The number of alkyl halides is 3. The van der Waals surface area contributed by atoms with Crippen LogP contribution in [0.25, 0.3) is 0 Å². The van der Waals surface area contributed by atoms with Crippen molar-refractivity contribution in [1.29, 1.82) is 0 Å². The Balaban J connectivity index is 2.15. The van der Waals surface area contributed by atoms with E-state index in [1.54, 1.807) is 6.07 Å². The van der Waals surface area contributed by atoms with Gasteiger partial charge in [-0.1, -0.05) is 13.0 Å². The lowest BCUT2D eigenvalue weighted by molar-refractivity contribution is -0.274. The van der Waals surface area contributed by atoms with E-state index in [2.05, 4.69) is 16.6 Å². The smallest absolute Gasteiger partial charge is 0.403 e. The Morgan fingerprint density at radius 3 is 2.40 bits per heavy atom. The zero-order chi connectivity index (χ0) is 14.8. The first kappa shape index (κ1) is 14.8. The van der Waals surface area contributed by atoms with Gasteiger partial charge in [-0.3, -0.25) is 0 Å². The average molecular weight is 289 g/mol. The number of nitrogens with two attached hydrogens (primary N) is 1. The van der Waals surface area contributed by atoms with Gasteiger partial charge >= 0.3 is 6.36 Å². The van der Waals surface area contributed by atoms with E-state index >= 15 is 0 Å². The van der Waals surface area contributed by atoms with Crippen LogP contribution >= 0.6 is 0 Å². The molecule has 0 radical (unpaired) electrons. The monoisotopic (exact) mass is 289 g/mol. The predicted octanol–water partition coefficient (Wildman–Crippen LogP) is 2.31. The van der Waals surface area contributed by atoms with E-state index in [0.717, 1.165) is 32.7 Å². The fraction of sp³-hybridized carbons (Fsp3) is 0.538. The van der Waals surface area contributed by atoms with Gasteiger partial charge in [0.15, 0.2) is 5.75 Å². The molecule has 2 N–H and O–H groups in total. The molecule has 1 heterocycles. The third-order valence-corrected chi connectivity index (χ3v) is 3.43. The maximum absolute atomic E-state index is 12.3. The van der Waals surface area contributed by atoms with Crippen molar-refractivity contribution in [3.63, 3.8) is 0 Å². The Kier molecular flexibility index (Phi) is 4.27. The summed E-state index contributed by atoms with van der Waals surface area (Å²) in [5.41, 5.74) is 6.44. The fourth-order valence-corrected chi connectivity index (χ4v) is 2.33. The maximum atomic E-state index is 12.3. The summed E-state index contributed by atoms with van der Waals surface area (Å²) in [4.78, 5) is 4.27. The van der Waals surface area contributed by atoms with Crippen LogP contribution in [0.4, 0.5) is 24.5 Å². The minimum absolute atomic E-state index is 0.0368. The van der Waals surface area contributed by atoms with Crippen molar-refractivity contribution in [1.82, 2.24) is 4.90 Å². The molecule has 1 fully saturated rings. The quantitative estimate of drug-likeness (QED) is 0.867. The molecule has 0 spiro atoms. The number of hydrogen-bond acceptors (Lipinski definition) is 4. The van der Waals surface area contributed by atoms with Gasteiger partial charge < -0.3 is 20.3 Å². The molecule has 1 saturated heterocycles. The number of halogens is 3. The Morgan fingerprint density at radius 2 is 1.85 bits per heavy atom. The lowest BCUT2D eigenvalue weighted by Crippen LogP contribution is -2.46. The van der Waals surface area contributed by atoms with Crippen molar-refractivity contribution >= 4 is 11.4 Å². The molecule has 0 amide bonds. The van der Waals surface area contributed by atoms with Crippen LogP contribution in [-0.4, -0.2) is 44.0 Å². The zero-order valence-electron chi connectivity index (χ0n) is 11.3. The summed E-state index contributed by atoms with van der Waals surface area (Å²) in [7, 11) is 0. The molecule has 0 aliphatic carbocycles. The third-order valence-electron chi connectivity index (χ3n) is 3.43. The molecule has 1 aliphatic heterocycles. The van der Waals surface area contributed by atoms with E-state index < -0.39 is 6.36 Å². The van der Waals surface area contributed by atoms with Gasteiger partial charge in [0, 0.05) is 26.2 Å². The molecular weight excluding hydrogens is 271 g/mol. The largest absolute Gasteiger partial charge is 0.573 e. The summed E-state index contributed by atoms with van der Waals surface area (Å²) in [5, 5.41) is 0. The van der Waals surface area contributed by atoms with Crippen LogP contribution in [0, 0.1) is 0 Å². The molecule has 0 saturated carbocycles. The SMILES string of the molecule is CCN1CCN(c2cccc(OC(F)(F)F)c2N)CC1. The number of ether oxygens (including phenoxy) is 1. The van der Waals surface area contributed by atoms with Crippen LogP contribution in [0.2, 0.25) is 0 Å². The van der Waals surface area contributed by atoms with Gasteiger partial charge in [-0.15, -0.1) is 13.2 Å². The Bertz CT molecular complexity index is 457. The van der Waals surface area contributed by atoms with E-state index in [4.69, 9.17) is 5.73 Å². The normalized spacial score (nSPS) is 17.3. The fourth-order valence-electron chi connectivity index (χ4n) is 2.33. The summed E-state index contributed by atoms with van der Waals surface area (Å²) >= 11 is 0. The molecule has 1 aromatic carbocycles. The second kappa shape index (κ2) is 5.78. The molecule has 20 heavy (non-hydrogen) atoms. The Hall–Kier alpha value is -1.63. The minimum Gasteiger partial charge on any atom is -0.403 e. The molecule has 2 rings (SSSR count). The number of benzene rings is 1. The van der Waals surface area contributed by atoms with Gasteiger partial charge in [0.1, 0.15) is 0 Å². The molecule has 7 heteroatoms. The average Bonchev–Trinajstić information content (AvgIpc) is 2.40. The van der Waals surface area contributed by atoms with Crippen molar-refractivity contribution in [2.45, 2.75) is 13.3 Å². The lowest BCUT2D eigenvalue weighted by Gasteiger charge is -2.36. The highest BCUT2D eigenvalue weighted by Gasteiger charge is 2.32. The molecule has 0 atom stereocenters. The number of rotatable bonds is 3. The minimum atomic E-state index is -4.73. The van der Waals surface area contributed by atoms with Crippen LogP contribution < -0.4 is 15.4 Å². The second-order valence-electron chi connectivity index (χ2n) is 4.66. The van der Waals surface area contributed by atoms with Crippen molar-refractivity contribution in [2.24, 2.45) is 0 Å². The van der Waals surface area contributed by atoms with Gasteiger partial charge in [-0.05, 0) is 18.7 Å².